The van der Waals surface area contributed by atoms with Crippen molar-refractivity contribution in [3.63, 3.8) is 0 Å². The van der Waals surface area contributed by atoms with Crippen molar-refractivity contribution in [3.8, 4) is 5.75 Å². The Morgan fingerprint density at radius 3 is 2.64 bits per heavy atom. The first-order valence-electron chi connectivity index (χ1n) is 6.25. The van der Waals surface area contributed by atoms with Crippen LogP contribution < -0.4 is 0 Å². The number of hydrogen-bond acceptors (Lipinski definition) is 5. The van der Waals surface area contributed by atoms with E-state index in [0.29, 0.717) is 16.1 Å². The molecule has 2 aromatic heterocycles. The largest absolute Gasteiger partial charge is 0.505 e. The molecule has 1 aromatic carbocycles. The van der Waals surface area contributed by atoms with E-state index in [4.69, 9.17) is 9.52 Å². The average Bonchev–Trinajstić information content (AvgIpc) is 2.90. The highest BCUT2D eigenvalue weighted by atomic mass is 79.9. The molecule has 0 saturated heterocycles. The van der Waals surface area contributed by atoms with Crippen LogP contribution in [0.2, 0.25) is 0 Å². The zero-order chi connectivity index (χ0) is 15.9. The molecule has 0 aliphatic carbocycles. The van der Waals surface area contributed by atoms with Crippen LogP contribution in [0.15, 0.2) is 49.3 Å². The van der Waals surface area contributed by atoms with Gasteiger partial charge in [0.1, 0.15) is 0 Å². The number of carboxylic acid groups (broad SMARTS) is 1. The van der Waals surface area contributed by atoms with Gasteiger partial charge in [0.15, 0.2) is 26.7 Å². The second kappa shape index (κ2) is 5.66. The van der Waals surface area contributed by atoms with Crippen molar-refractivity contribution >= 4 is 44.6 Å². The maximum Gasteiger partial charge on any atom is 0.358 e. The predicted octanol–water partition coefficient (Wildman–Crippen LogP) is 4.45. The van der Waals surface area contributed by atoms with Crippen LogP contribution in [0, 0.1) is 6.92 Å². The van der Waals surface area contributed by atoms with Gasteiger partial charge in [-0.05, 0) is 35.0 Å². The van der Waals surface area contributed by atoms with E-state index < -0.39 is 17.4 Å². The van der Waals surface area contributed by atoms with Crippen LogP contribution in [0.1, 0.15) is 16.1 Å². The van der Waals surface area contributed by atoms with Crippen LogP contribution in [0.3, 0.4) is 0 Å². The minimum absolute atomic E-state index is 0.244. The van der Waals surface area contributed by atoms with Gasteiger partial charge in [-0.1, -0.05) is 29.5 Å². The summed E-state index contributed by atoms with van der Waals surface area (Å²) in [5.41, 5.74) is 1.06. The molecule has 0 spiro atoms. The highest BCUT2D eigenvalue weighted by Crippen LogP contribution is 2.39. The molecule has 0 unspecified atom stereocenters. The minimum Gasteiger partial charge on any atom is -0.505 e. The summed E-state index contributed by atoms with van der Waals surface area (Å²) in [7, 11) is 0. The van der Waals surface area contributed by atoms with Gasteiger partial charge in [-0.15, -0.1) is 0 Å². The number of furan rings is 1. The lowest BCUT2D eigenvalue weighted by Gasteiger charge is -2.00. The SMILES string of the molecule is Cc1ccc(Sc2cc3c(O)c(C(=O)O)nc(Br)c3o2)cc1. The first kappa shape index (κ1) is 14.9. The fourth-order valence-corrected chi connectivity index (χ4v) is 3.23. The molecule has 5 nitrogen and oxygen atoms in total. The maximum atomic E-state index is 11.1. The lowest BCUT2D eigenvalue weighted by molar-refractivity contribution is 0.0687. The van der Waals surface area contributed by atoms with E-state index in [0.717, 1.165) is 10.5 Å². The summed E-state index contributed by atoms with van der Waals surface area (Å²) >= 11 is 4.55. The minimum atomic E-state index is -1.30. The molecule has 0 aliphatic rings. The molecule has 3 aromatic rings. The lowest BCUT2D eigenvalue weighted by atomic mass is 10.2. The highest BCUT2D eigenvalue weighted by Gasteiger charge is 2.21. The molecule has 7 heteroatoms. The molecule has 0 fully saturated rings. The molecule has 0 atom stereocenters. The average molecular weight is 380 g/mol. The molecule has 3 rings (SSSR count). The summed E-state index contributed by atoms with van der Waals surface area (Å²) in [5, 5.41) is 19.9. The first-order chi connectivity index (χ1) is 10.5. The van der Waals surface area contributed by atoms with Gasteiger partial charge in [0.25, 0.3) is 0 Å². The Hall–Kier alpha value is -1.99. The predicted molar refractivity (Wildman–Crippen MR) is 85.6 cm³/mol. The third-order valence-corrected chi connectivity index (χ3v) is 4.48. The van der Waals surface area contributed by atoms with Crippen molar-refractivity contribution in [2.24, 2.45) is 0 Å². The van der Waals surface area contributed by atoms with Gasteiger partial charge >= 0.3 is 5.97 Å². The summed E-state index contributed by atoms with van der Waals surface area (Å²) in [6.45, 7) is 2.00. The molecular formula is C15H10BrNO4S. The van der Waals surface area contributed by atoms with E-state index in [1.54, 1.807) is 6.07 Å². The number of hydrogen-bond donors (Lipinski definition) is 2. The lowest BCUT2D eigenvalue weighted by Crippen LogP contribution is -2.01. The number of aromatic nitrogens is 1. The fraction of sp³-hybridized carbons (Fsp3) is 0.0667. The molecule has 0 saturated carbocycles. The van der Waals surface area contributed by atoms with Gasteiger partial charge in [0, 0.05) is 11.0 Å². The van der Waals surface area contributed by atoms with E-state index in [2.05, 4.69) is 20.9 Å². The molecule has 2 N–H and O–H groups in total. The summed E-state index contributed by atoms with van der Waals surface area (Å²) in [6, 6.07) is 9.50. The van der Waals surface area contributed by atoms with Crippen molar-refractivity contribution in [2.45, 2.75) is 16.9 Å². The molecule has 22 heavy (non-hydrogen) atoms. The number of aryl methyl sites for hydroxylation is 1. The second-order valence-corrected chi connectivity index (χ2v) is 6.46. The molecule has 2 heterocycles. The summed E-state index contributed by atoms with van der Waals surface area (Å²) in [5.74, 6) is -1.70. The van der Waals surface area contributed by atoms with Crippen LogP contribution in [0.5, 0.6) is 5.75 Å². The van der Waals surface area contributed by atoms with Gasteiger partial charge < -0.3 is 14.6 Å². The van der Waals surface area contributed by atoms with Crippen molar-refractivity contribution in [1.82, 2.24) is 4.98 Å². The number of fused-ring (bicyclic) bond motifs is 1. The van der Waals surface area contributed by atoms with Crippen molar-refractivity contribution < 1.29 is 19.4 Å². The molecule has 0 radical (unpaired) electrons. The Morgan fingerprint density at radius 2 is 2.00 bits per heavy atom. The van der Waals surface area contributed by atoms with Crippen molar-refractivity contribution in [3.05, 3.63) is 46.2 Å². The number of rotatable bonds is 3. The van der Waals surface area contributed by atoms with E-state index >= 15 is 0 Å². The van der Waals surface area contributed by atoms with Crippen molar-refractivity contribution in [1.29, 1.82) is 0 Å². The van der Waals surface area contributed by atoms with E-state index in [1.165, 1.54) is 11.8 Å². The Balaban J connectivity index is 2.06. The molecule has 0 aliphatic heterocycles. The van der Waals surface area contributed by atoms with Crippen LogP contribution in [0.25, 0.3) is 11.0 Å². The van der Waals surface area contributed by atoms with E-state index in [1.807, 2.05) is 31.2 Å². The number of nitrogens with zero attached hydrogens (tertiary/aromatic N) is 1. The number of carboxylic acids is 1. The van der Waals surface area contributed by atoms with Crippen LogP contribution in [0.4, 0.5) is 0 Å². The quantitative estimate of drug-likeness (QED) is 0.653. The third kappa shape index (κ3) is 2.69. The fourth-order valence-electron chi connectivity index (χ4n) is 1.95. The molecule has 112 valence electrons. The van der Waals surface area contributed by atoms with Gasteiger partial charge in [-0.2, -0.15) is 0 Å². The Morgan fingerprint density at radius 1 is 1.32 bits per heavy atom. The standard InChI is InChI=1S/C15H10BrNO4S/c1-7-2-4-8(5-3-7)22-10-6-9-12(18)11(15(19)20)17-14(16)13(9)21-10/h2-6,18H,1H3,(H,19,20). The molecule has 0 bridgehead atoms. The number of aromatic hydroxyl groups is 1. The topological polar surface area (TPSA) is 83.6 Å². The number of pyridine rings is 1. The molecule has 0 amide bonds. The smallest absolute Gasteiger partial charge is 0.358 e. The zero-order valence-corrected chi connectivity index (χ0v) is 13.7. The monoisotopic (exact) mass is 379 g/mol. The van der Waals surface area contributed by atoms with Crippen molar-refractivity contribution in [2.75, 3.05) is 0 Å². The number of carbonyl (C=O) groups is 1. The van der Waals surface area contributed by atoms with Gasteiger partial charge in [-0.25, -0.2) is 9.78 Å². The van der Waals surface area contributed by atoms with E-state index in [-0.39, 0.29) is 4.60 Å². The summed E-state index contributed by atoms with van der Waals surface area (Å²) in [6.07, 6.45) is 0. The maximum absolute atomic E-state index is 11.1. The van der Waals surface area contributed by atoms with Crippen LogP contribution >= 0.6 is 27.7 Å². The Bertz CT molecular complexity index is 873. The van der Waals surface area contributed by atoms with Gasteiger partial charge in [-0.3, -0.25) is 0 Å². The van der Waals surface area contributed by atoms with Gasteiger partial charge in [0.2, 0.25) is 0 Å². The van der Waals surface area contributed by atoms with E-state index in [9.17, 15) is 9.90 Å². The van der Waals surface area contributed by atoms with Crippen LogP contribution in [-0.4, -0.2) is 21.2 Å². The second-order valence-electron chi connectivity index (χ2n) is 4.63. The highest BCUT2D eigenvalue weighted by molar-refractivity contribution is 9.10. The summed E-state index contributed by atoms with van der Waals surface area (Å²) in [4.78, 5) is 15.8. The van der Waals surface area contributed by atoms with Crippen LogP contribution in [-0.2, 0) is 0 Å². The number of aromatic carboxylic acids is 1. The third-order valence-electron chi connectivity index (χ3n) is 3.03. The zero-order valence-electron chi connectivity index (χ0n) is 11.3. The first-order valence-corrected chi connectivity index (χ1v) is 7.86. The van der Waals surface area contributed by atoms with Gasteiger partial charge in [0.05, 0.1) is 5.39 Å². The summed E-state index contributed by atoms with van der Waals surface area (Å²) < 4.78 is 5.89. The Kier molecular flexibility index (Phi) is 3.84. The number of benzene rings is 1. The Labute approximate surface area is 138 Å². The molecular weight excluding hydrogens is 370 g/mol. The normalized spacial score (nSPS) is 11.0. The number of halogens is 1.